The van der Waals surface area contributed by atoms with Crippen LogP contribution in [-0.4, -0.2) is 22.9 Å². The molecule has 0 spiro atoms. The van der Waals surface area contributed by atoms with Crippen LogP contribution >= 0.6 is 11.6 Å². The lowest BCUT2D eigenvalue weighted by Crippen LogP contribution is -2.29. The summed E-state index contributed by atoms with van der Waals surface area (Å²) in [6.07, 6.45) is 1.67. The molecule has 0 unspecified atom stereocenters. The van der Waals surface area contributed by atoms with Crippen molar-refractivity contribution >= 4 is 17.3 Å². The number of anilines is 1. The maximum Gasteiger partial charge on any atom is 0.287 e. The predicted octanol–water partition coefficient (Wildman–Crippen LogP) is 2.79. The molecule has 0 aliphatic rings. The van der Waals surface area contributed by atoms with Gasteiger partial charge in [0.2, 0.25) is 0 Å². The fraction of sp³-hybridized carbons (Fsp3) is 0.333. The molecule has 2 aromatic rings. The maximum atomic E-state index is 12.3. The summed E-state index contributed by atoms with van der Waals surface area (Å²) in [7, 11) is 0. The van der Waals surface area contributed by atoms with Crippen LogP contribution in [0, 0.1) is 0 Å². The molecule has 1 heterocycles. The van der Waals surface area contributed by atoms with E-state index >= 15 is 0 Å². The van der Waals surface area contributed by atoms with Gasteiger partial charge in [-0.3, -0.25) is 4.79 Å². The smallest absolute Gasteiger partial charge is 0.287 e. The molecular weight excluding hydrogens is 274 g/mol. The Morgan fingerprint density at radius 1 is 1.20 bits per heavy atom. The molecular formula is C15H18ClN3O. The zero-order chi connectivity index (χ0) is 14.5. The minimum atomic E-state index is -0.250. The zero-order valence-corrected chi connectivity index (χ0v) is 12.5. The molecule has 0 aliphatic carbocycles. The number of rotatable bonds is 5. The van der Waals surface area contributed by atoms with E-state index in [4.69, 9.17) is 11.6 Å². The van der Waals surface area contributed by atoms with Crippen molar-refractivity contribution in [2.45, 2.75) is 20.4 Å². The maximum absolute atomic E-state index is 12.3. The van der Waals surface area contributed by atoms with Crippen molar-refractivity contribution in [2.75, 3.05) is 18.0 Å². The molecule has 0 bridgehead atoms. The summed E-state index contributed by atoms with van der Waals surface area (Å²) in [6.45, 7) is 6.06. The number of nitrogens with zero attached hydrogens (tertiary/aromatic N) is 3. The second kappa shape index (κ2) is 6.57. The number of hydrogen-bond acceptors (Lipinski definition) is 3. The van der Waals surface area contributed by atoms with Crippen LogP contribution in [-0.2, 0) is 6.54 Å². The third kappa shape index (κ3) is 3.02. The van der Waals surface area contributed by atoms with Crippen LogP contribution in [0.3, 0.4) is 0 Å². The van der Waals surface area contributed by atoms with Gasteiger partial charge in [0.1, 0.15) is 5.02 Å². The zero-order valence-electron chi connectivity index (χ0n) is 11.7. The fourth-order valence-electron chi connectivity index (χ4n) is 2.11. The Hall–Kier alpha value is -1.81. The van der Waals surface area contributed by atoms with Crippen LogP contribution in [0.4, 0.5) is 5.69 Å². The van der Waals surface area contributed by atoms with E-state index in [-0.39, 0.29) is 10.6 Å². The highest BCUT2D eigenvalue weighted by molar-refractivity contribution is 6.33. The van der Waals surface area contributed by atoms with Gasteiger partial charge in [-0.05, 0) is 19.4 Å². The standard InChI is InChI=1S/C15H18ClN3O/c1-3-18(4-2)13-10-17-19(15(20)14(13)16)11-12-8-6-5-7-9-12/h5-10H,3-4,11H2,1-2H3. The van der Waals surface area contributed by atoms with Gasteiger partial charge >= 0.3 is 0 Å². The highest BCUT2D eigenvalue weighted by atomic mass is 35.5. The summed E-state index contributed by atoms with van der Waals surface area (Å²) < 4.78 is 1.39. The molecule has 0 radical (unpaired) electrons. The van der Waals surface area contributed by atoms with Crippen LogP contribution in [0.5, 0.6) is 0 Å². The third-order valence-electron chi connectivity index (χ3n) is 3.25. The summed E-state index contributed by atoms with van der Waals surface area (Å²) in [4.78, 5) is 14.3. The lowest BCUT2D eigenvalue weighted by molar-refractivity contribution is 0.636. The molecule has 0 atom stereocenters. The molecule has 0 aliphatic heterocycles. The molecule has 0 amide bonds. The number of hydrogen-bond donors (Lipinski definition) is 0. The van der Waals surface area contributed by atoms with Crippen molar-refractivity contribution in [2.24, 2.45) is 0 Å². The Morgan fingerprint density at radius 2 is 1.85 bits per heavy atom. The summed E-state index contributed by atoms with van der Waals surface area (Å²) in [6, 6.07) is 9.73. The molecule has 0 fully saturated rings. The summed E-state index contributed by atoms with van der Waals surface area (Å²) in [5.74, 6) is 0. The monoisotopic (exact) mass is 291 g/mol. The molecule has 0 saturated carbocycles. The van der Waals surface area contributed by atoms with Crippen LogP contribution in [0.15, 0.2) is 41.3 Å². The van der Waals surface area contributed by atoms with Gasteiger partial charge in [-0.15, -0.1) is 0 Å². The van der Waals surface area contributed by atoms with Gasteiger partial charge in [0.25, 0.3) is 5.56 Å². The van der Waals surface area contributed by atoms with Gasteiger partial charge in [0, 0.05) is 13.1 Å². The first-order chi connectivity index (χ1) is 9.67. The topological polar surface area (TPSA) is 38.1 Å². The first kappa shape index (κ1) is 14.6. The van der Waals surface area contributed by atoms with Gasteiger partial charge in [-0.1, -0.05) is 41.9 Å². The van der Waals surface area contributed by atoms with Gasteiger partial charge < -0.3 is 4.90 Å². The first-order valence-electron chi connectivity index (χ1n) is 6.71. The largest absolute Gasteiger partial charge is 0.369 e. The van der Waals surface area contributed by atoms with Gasteiger partial charge in [-0.25, -0.2) is 4.68 Å². The van der Waals surface area contributed by atoms with Crippen LogP contribution in [0.1, 0.15) is 19.4 Å². The predicted molar refractivity (Wildman–Crippen MR) is 82.6 cm³/mol. The molecule has 2 rings (SSSR count). The Bertz CT molecular complexity index is 621. The SMILES string of the molecule is CCN(CC)c1cnn(Cc2ccccc2)c(=O)c1Cl. The molecule has 1 aromatic carbocycles. The van der Waals surface area contributed by atoms with E-state index in [1.54, 1.807) is 6.20 Å². The van der Waals surface area contributed by atoms with Gasteiger partial charge in [-0.2, -0.15) is 5.10 Å². The van der Waals surface area contributed by atoms with Gasteiger partial charge in [0.05, 0.1) is 18.4 Å². The van der Waals surface area contributed by atoms with Crippen LogP contribution in [0.2, 0.25) is 5.02 Å². The van der Waals surface area contributed by atoms with E-state index in [2.05, 4.69) is 5.10 Å². The van der Waals surface area contributed by atoms with Crippen molar-refractivity contribution < 1.29 is 0 Å². The van der Waals surface area contributed by atoms with Crippen molar-refractivity contribution in [3.05, 3.63) is 57.5 Å². The number of benzene rings is 1. The minimum Gasteiger partial charge on any atom is -0.369 e. The Morgan fingerprint density at radius 3 is 2.45 bits per heavy atom. The second-order valence-electron chi connectivity index (χ2n) is 4.46. The highest BCUT2D eigenvalue weighted by Crippen LogP contribution is 2.20. The van der Waals surface area contributed by atoms with Crippen molar-refractivity contribution in [1.82, 2.24) is 9.78 Å². The van der Waals surface area contributed by atoms with Crippen molar-refractivity contribution in [3.8, 4) is 0 Å². The molecule has 4 nitrogen and oxygen atoms in total. The minimum absolute atomic E-state index is 0.236. The first-order valence-corrected chi connectivity index (χ1v) is 7.09. The van der Waals surface area contributed by atoms with Crippen LogP contribution in [0.25, 0.3) is 0 Å². The van der Waals surface area contributed by atoms with E-state index in [0.717, 1.165) is 18.7 Å². The van der Waals surface area contributed by atoms with E-state index < -0.39 is 0 Å². The third-order valence-corrected chi connectivity index (χ3v) is 3.60. The average Bonchev–Trinajstić information content (AvgIpc) is 2.48. The summed E-state index contributed by atoms with van der Waals surface area (Å²) in [5, 5.41) is 4.46. The van der Waals surface area contributed by atoms with Gasteiger partial charge in [0.15, 0.2) is 0 Å². The summed E-state index contributed by atoms with van der Waals surface area (Å²) in [5.41, 5.74) is 1.47. The lowest BCUT2D eigenvalue weighted by Gasteiger charge is -2.21. The molecule has 0 saturated heterocycles. The molecule has 20 heavy (non-hydrogen) atoms. The number of halogens is 1. The van der Waals surface area contributed by atoms with Crippen molar-refractivity contribution in [1.29, 1.82) is 0 Å². The fourth-order valence-corrected chi connectivity index (χ4v) is 2.38. The highest BCUT2D eigenvalue weighted by Gasteiger charge is 2.13. The molecule has 106 valence electrons. The molecule has 0 N–H and O–H groups in total. The normalized spacial score (nSPS) is 10.6. The van der Waals surface area contributed by atoms with E-state index in [1.807, 2.05) is 49.1 Å². The Kier molecular flexibility index (Phi) is 4.79. The van der Waals surface area contributed by atoms with Crippen molar-refractivity contribution in [3.63, 3.8) is 0 Å². The Labute approximate surface area is 123 Å². The number of aromatic nitrogens is 2. The summed E-state index contributed by atoms with van der Waals surface area (Å²) >= 11 is 6.20. The average molecular weight is 292 g/mol. The van der Waals surface area contributed by atoms with Crippen LogP contribution < -0.4 is 10.5 Å². The lowest BCUT2D eigenvalue weighted by atomic mass is 10.2. The molecule has 1 aromatic heterocycles. The Balaban J connectivity index is 2.34. The molecule has 5 heteroatoms. The second-order valence-corrected chi connectivity index (χ2v) is 4.84. The van der Waals surface area contributed by atoms with E-state index in [0.29, 0.717) is 12.2 Å². The van der Waals surface area contributed by atoms with E-state index in [9.17, 15) is 4.79 Å². The van der Waals surface area contributed by atoms with E-state index in [1.165, 1.54) is 4.68 Å². The quantitative estimate of drug-likeness (QED) is 0.850.